The van der Waals surface area contributed by atoms with Gasteiger partial charge in [0.15, 0.2) is 0 Å². The minimum absolute atomic E-state index is 0. The fraction of sp³-hybridized carbons (Fsp3) is 0.625. The van der Waals surface area contributed by atoms with Gasteiger partial charge in [0, 0.05) is 24.9 Å². The average Bonchev–Trinajstić information content (AvgIpc) is 2.74. The number of nitrogens with two attached hydrogens (primary N) is 1. The van der Waals surface area contributed by atoms with Gasteiger partial charge in [0.2, 0.25) is 0 Å². The average molecular weight is 240 g/mol. The van der Waals surface area contributed by atoms with Crippen molar-refractivity contribution in [3.05, 3.63) is 18.2 Å². The second-order valence-electron chi connectivity index (χ2n) is 3.05. The van der Waals surface area contributed by atoms with Gasteiger partial charge in [-0.2, -0.15) is 0 Å². The highest BCUT2D eigenvalue weighted by atomic mass is 35.5. The Morgan fingerprint density at radius 2 is 2.36 bits per heavy atom. The number of halogens is 2. The SMILES string of the molecule is Cl.Cl.NC[C@@H]1CCO[C@H]1c1ncc[nH]1. The molecule has 3 N–H and O–H groups in total. The zero-order chi connectivity index (χ0) is 8.39. The zero-order valence-corrected chi connectivity index (χ0v) is 9.31. The maximum atomic E-state index is 5.61. The Balaban J connectivity index is 0.000000845. The summed E-state index contributed by atoms with van der Waals surface area (Å²) in [6.45, 7) is 1.47. The van der Waals surface area contributed by atoms with Gasteiger partial charge < -0.3 is 15.5 Å². The normalized spacial score (nSPS) is 25.2. The Labute approximate surface area is 95.4 Å². The molecule has 2 heterocycles. The van der Waals surface area contributed by atoms with E-state index in [1.54, 1.807) is 6.20 Å². The van der Waals surface area contributed by atoms with E-state index in [-0.39, 0.29) is 30.9 Å². The fourth-order valence-corrected chi connectivity index (χ4v) is 1.61. The number of hydrogen-bond donors (Lipinski definition) is 2. The lowest BCUT2D eigenvalue weighted by atomic mass is 10.0. The summed E-state index contributed by atoms with van der Waals surface area (Å²) < 4.78 is 5.53. The predicted octanol–water partition coefficient (Wildman–Crippen LogP) is 1.29. The van der Waals surface area contributed by atoms with Crippen LogP contribution in [0.4, 0.5) is 0 Å². The number of rotatable bonds is 2. The van der Waals surface area contributed by atoms with Crippen molar-refractivity contribution in [1.29, 1.82) is 0 Å². The van der Waals surface area contributed by atoms with Crippen molar-refractivity contribution in [1.82, 2.24) is 9.97 Å². The highest BCUT2D eigenvalue weighted by molar-refractivity contribution is 5.85. The first-order chi connectivity index (χ1) is 5.92. The molecule has 1 fully saturated rings. The number of aromatic amines is 1. The second-order valence-corrected chi connectivity index (χ2v) is 3.05. The van der Waals surface area contributed by atoms with Crippen LogP contribution in [0.3, 0.4) is 0 Å². The molecule has 1 aromatic heterocycles. The highest BCUT2D eigenvalue weighted by Crippen LogP contribution is 2.31. The molecule has 4 nitrogen and oxygen atoms in total. The van der Waals surface area contributed by atoms with E-state index in [4.69, 9.17) is 10.5 Å². The maximum Gasteiger partial charge on any atom is 0.135 e. The first-order valence-corrected chi connectivity index (χ1v) is 4.22. The van der Waals surface area contributed by atoms with Gasteiger partial charge in [0.1, 0.15) is 11.9 Å². The van der Waals surface area contributed by atoms with Gasteiger partial charge in [-0.05, 0) is 13.0 Å². The molecule has 82 valence electrons. The molecule has 0 spiro atoms. The second kappa shape index (κ2) is 6.24. The molecule has 2 atom stereocenters. The molecule has 6 heteroatoms. The summed E-state index contributed by atoms with van der Waals surface area (Å²) in [6.07, 6.45) is 4.68. The zero-order valence-electron chi connectivity index (χ0n) is 7.68. The van der Waals surface area contributed by atoms with E-state index in [9.17, 15) is 0 Å². The maximum absolute atomic E-state index is 5.61. The van der Waals surface area contributed by atoms with Crippen LogP contribution in [0.1, 0.15) is 18.3 Å². The van der Waals surface area contributed by atoms with Crippen LogP contribution in [0, 0.1) is 5.92 Å². The van der Waals surface area contributed by atoms with Crippen LogP contribution in [0.15, 0.2) is 12.4 Å². The molecule has 0 saturated carbocycles. The van der Waals surface area contributed by atoms with Crippen molar-refractivity contribution in [3.8, 4) is 0 Å². The minimum atomic E-state index is 0. The first kappa shape index (κ1) is 13.7. The number of aromatic nitrogens is 2. The topological polar surface area (TPSA) is 63.9 Å². The molecular weight excluding hydrogens is 225 g/mol. The van der Waals surface area contributed by atoms with E-state index in [0.717, 1.165) is 18.9 Å². The van der Waals surface area contributed by atoms with E-state index in [0.29, 0.717) is 12.5 Å². The van der Waals surface area contributed by atoms with Crippen LogP contribution in [0.25, 0.3) is 0 Å². The van der Waals surface area contributed by atoms with Gasteiger partial charge in [-0.15, -0.1) is 24.8 Å². The predicted molar refractivity (Wildman–Crippen MR) is 58.9 cm³/mol. The number of nitrogens with one attached hydrogen (secondary N) is 1. The molecular formula is C8H15Cl2N3O. The Morgan fingerprint density at radius 1 is 1.57 bits per heavy atom. The monoisotopic (exact) mass is 239 g/mol. The van der Waals surface area contributed by atoms with E-state index in [1.807, 2.05) is 6.20 Å². The third-order valence-electron chi connectivity index (χ3n) is 2.31. The highest BCUT2D eigenvalue weighted by Gasteiger charge is 2.29. The molecule has 14 heavy (non-hydrogen) atoms. The Kier molecular flexibility index (Phi) is 6.11. The van der Waals surface area contributed by atoms with E-state index in [2.05, 4.69) is 9.97 Å². The van der Waals surface area contributed by atoms with Crippen molar-refractivity contribution in [2.75, 3.05) is 13.2 Å². The van der Waals surface area contributed by atoms with Crippen LogP contribution >= 0.6 is 24.8 Å². The van der Waals surface area contributed by atoms with Crippen molar-refractivity contribution < 1.29 is 4.74 Å². The van der Waals surface area contributed by atoms with Crippen molar-refractivity contribution >= 4 is 24.8 Å². The molecule has 2 rings (SSSR count). The molecule has 0 aliphatic carbocycles. The Bertz CT molecular complexity index is 243. The van der Waals surface area contributed by atoms with Crippen LogP contribution in [-0.2, 0) is 4.74 Å². The van der Waals surface area contributed by atoms with Crippen LogP contribution in [-0.4, -0.2) is 23.1 Å². The summed E-state index contributed by atoms with van der Waals surface area (Å²) in [4.78, 5) is 7.21. The summed E-state index contributed by atoms with van der Waals surface area (Å²) in [7, 11) is 0. The fourth-order valence-electron chi connectivity index (χ4n) is 1.61. The molecule has 0 radical (unpaired) electrons. The summed E-state index contributed by atoms with van der Waals surface area (Å²) in [5.41, 5.74) is 5.61. The van der Waals surface area contributed by atoms with Gasteiger partial charge in [-0.25, -0.2) is 4.98 Å². The Hall–Kier alpha value is -0.290. The number of ether oxygens (including phenoxy) is 1. The minimum Gasteiger partial charge on any atom is -0.370 e. The van der Waals surface area contributed by atoms with Gasteiger partial charge >= 0.3 is 0 Å². The number of imidazole rings is 1. The van der Waals surface area contributed by atoms with Crippen molar-refractivity contribution in [3.63, 3.8) is 0 Å². The molecule has 0 unspecified atom stereocenters. The van der Waals surface area contributed by atoms with Crippen molar-refractivity contribution in [2.24, 2.45) is 11.7 Å². The smallest absolute Gasteiger partial charge is 0.135 e. The molecule has 0 aromatic carbocycles. The lowest BCUT2D eigenvalue weighted by Crippen LogP contribution is -2.18. The van der Waals surface area contributed by atoms with Gasteiger partial charge in [-0.3, -0.25) is 0 Å². The Morgan fingerprint density at radius 3 is 2.93 bits per heavy atom. The summed E-state index contributed by atoms with van der Waals surface area (Å²) in [5, 5.41) is 0. The molecule has 0 bridgehead atoms. The standard InChI is InChI=1S/C8H13N3O.2ClH/c9-5-6-1-4-12-7(6)8-10-2-3-11-8;;/h2-3,6-7H,1,4-5,9H2,(H,10,11);2*1H/t6-,7+;;/m0../s1. The van der Waals surface area contributed by atoms with Crippen LogP contribution < -0.4 is 5.73 Å². The van der Waals surface area contributed by atoms with Crippen LogP contribution in [0.5, 0.6) is 0 Å². The van der Waals surface area contributed by atoms with Gasteiger partial charge in [0.25, 0.3) is 0 Å². The first-order valence-electron chi connectivity index (χ1n) is 4.22. The van der Waals surface area contributed by atoms with E-state index < -0.39 is 0 Å². The van der Waals surface area contributed by atoms with Gasteiger partial charge in [-0.1, -0.05) is 0 Å². The van der Waals surface area contributed by atoms with E-state index >= 15 is 0 Å². The number of nitrogens with zero attached hydrogens (tertiary/aromatic N) is 1. The molecule has 1 aromatic rings. The largest absolute Gasteiger partial charge is 0.370 e. The lowest BCUT2D eigenvalue weighted by molar-refractivity contribution is 0.0860. The summed E-state index contributed by atoms with van der Waals surface area (Å²) in [6, 6.07) is 0. The van der Waals surface area contributed by atoms with Crippen LogP contribution in [0.2, 0.25) is 0 Å². The number of H-pyrrole nitrogens is 1. The molecule has 1 aliphatic rings. The van der Waals surface area contributed by atoms with E-state index in [1.165, 1.54) is 0 Å². The third-order valence-corrected chi connectivity index (χ3v) is 2.31. The summed E-state index contributed by atoms with van der Waals surface area (Å²) >= 11 is 0. The summed E-state index contributed by atoms with van der Waals surface area (Å²) in [5.74, 6) is 1.33. The van der Waals surface area contributed by atoms with Crippen molar-refractivity contribution in [2.45, 2.75) is 12.5 Å². The molecule has 1 saturated heterocycles. The molecule has 0 amide bonds. The third kappa shape index (κ3) is 2.60. The lowest BCUT2D eigenvalue weighted by Gasteiger charge is -2.13. The molecule has 1 aliphatic heterocycles. The number of hydrogen-bond acceptors (Lipinski definition) is 3. The van der Waals surface area contributed by atoms with Gasteiger partial charge in [0.05, 0.1) is 0 Å². The quantitative estimate of drug-likeness (QED) is 0.818.